The fraction of sp³-hybridized carbons (Fsp3) is 0.318. The van der Waals surface area contributed by atoms with Gasteiger partial charge in [0.1, 0.15) is 11.9 Å². The molecule has 2 atom stereocenters. The molecule has 3 aromatic rings. The molecule has 1 saturated heterocycles. The molecule has 0 radical (unpaired) electrons. The second kappa shape index (κ2) is 8.45. The maximum absolute atomic E-state index is 13.2. The second-order valence-corrected chi connectivity index (χ2v) is 7.22. The van der Waals surface area contributed by atoms with Crippen LogP contribution in [0, 0.1) is 0 Å². The zero-order valence-electron chi connectivity index (χ0n) is 16.3. The van der Waals surface area contributed by atoms with E-state index in [1.807, 2.05) is 47.4 Å². The molecule has 0 saturated carbocycles. The number of benzene rings is 2. The number of carbonyl (C=O) groups excluding carboxylic acids is 1. The maximum atomic E-state index is 13.2. The van der Waals surface area contributed by atoms with Crippen molar-refractivity contribution in [2.24, 2.45) is 0 Å². The van der Waals surface area contributed by atoms with Crippen LogP contribution in [0.4, 0.5) is 0 Å². The maximum Gasteiger partial charge on any atom is 0.256 e. The Bertz CT molecular complexity index is 972. The van der Waals surface area contributed by atoms with Crippen LogP contribution < -0.4 is 4.74 Å². The summed E-state index contributed by atoms with van der Waals surface area (Å²) >= 11 is 0. The molecule has 0 bridgehead atoms. The van der Waals surface area contributed by atoms with Crippen LogP contribution in [0.2, 0.25) is 0 Å². The second-order valence-electron chi connectivity index (χ2n) is 7.22. The summed E-state index contributed by atoms with van der Waals surface area (Å²) in [4.78, 5) is 16.5. The van der Waals surface area contributed by atoms with Crippen LogP contribution in [0.25, 0.3) is 5.69 Å². The number of nitrogens with zero attached hydrogens (tertiary/aromatic N) is 4. The lowest BCUT2D eigenvalue weighted by Gasteiger charge is -2.33. The highest BCUT2D eigenvalue weighted by molar-refractivity contribution is 5.97. The number of likely N-dealkylation sites (tertiary alicyclic amines) is 1. The minimum atomic E-state index is -0.546. The molecule has 29 heavy (non-hydrogen) atoms. The molecule has 0 spiro atoms. The topological polar surface area (TPSA) is 80.5 Å². The number of ether oxygens (including phenoxy) is 1. The summed E-state index contributed by atoms with van der Waals surface area (Å²) in [7, 11) is 0. The molecular weight excluding hydrogens is 368 g/mol. The monoisotopic (exact) mass is 392 g/mol. The van der Waals surface area contributed by atoms with E-state index in [1.54, 1.807) is 25.4 Å². The lowest BCUT2D eigenvalue weighted by atomic mass is 10.1. The van der Waals surface area contributed by atoms with Crippen molar-refractivity contribution in [3.8, 4) is 11.4 Å². The molecule has 2 heterocycles. The van der Waals surface area contributed by atoms with Gasteiger partial charge >= 0.3 is 0 Å². The molecule has 4 rings (SSSR count). The first-order valence-electron chi connectivity index (χ1n) is 9.81. The zero-order valence-corrected chi connectivity index (χ0v) is 16.3. The lowest BCUT2D eigenvalue weighted by molar-refractivity contribution is 0.0537. The van der Waals surface area contributed by atoms with E-state index in [4.69, 9.17) is 4.74 Å². The highest BCUT2D eigenvalue weighted by atomic mass is 16.5. The molecule has 1 aliphatic heterocycles. The van der Waals surface area contributed by atoms with Crippen molar-refractivity contribution in [2.45, 2.75) is 32.0 Å². The Morgan fingerprint density at radius 3 is 2.76 bits per heavy atom. The predicted molar refractivity (Wildman–Crippen MR) is 108 cm³/mol. The summed E-state index contributed by atoms with van der Waals surface area (Å²) < 4.78 is 6.13. The van der Waals surface area contributed by atoms with Crippen molar-refractivity contribution < 1.29 is 14.6 Å². The third-order valence-corrected chi connectivity index (χ3v) is 5.08. The van der Waals surface area contributed by atoms with E-state index in [1.165, 1.54) is 4.80 Å². The largest absolute Gasteiger partial charge is 0.489 e. The molecule has 0 aliphatic carbocycles. The molecule has 1 N–H and O–H groups in total. The van der Waals surface area contributed by atoms with Gasteiger partial charge in [-0.05, 0) is 49.6 Å². The number of hydrogen-bond donors (Lipinski definition) is 1. The molecule has 1 aromatic heterocycles. The number of para-hydroxylation sites is 1. The van der Waals surface area contributed by atoms with Gasteiger partial charge in [0, 0.05) is 6.54 Å². The molecule has 1 fully saturated rings. The van der Waals surface area contributed by atoms with Gasteiger partial charge < -0.3 is 14.7 Å². The fourth-order valence-electron chi connectivity index (χ4n) is 3.60. The van der Waals surface area contributed by atoms with Crippen molar-refractivity contribution in [1.29, 1.82) is 0 Å². The zero-order chi connectivity index (χ0) is 20.2. The van der Waals surface area contributed by atoms with E-state index in [0.29, 0.717) is 30.1 Å². The summed E-state index contributed by atoms with van der Waals surface area (Å²) in [6.45, 7) is 2.93. The number of aliphatic hydroxyl groups excluding tert-OH is 1. The van der Waals surface area contributed by atoms with Gasteiger partial charge in [0.25, 0.3) is 5.91 Å². The van der Waals surface area contributed by atoms with Crippen molar-refractivity contribution in [3.63, 3.8) is 0 Å². The predicted octanol–water partition coefficient (Wildman–Crippen LogP) is 3.00. The highest BCUT2D eigenvalue weighted by Gasteiger charge is 2.27. The van der Waals surface area contributed by atoms with Gasteiger partial charge in [0.05, 0.1) is 36.3 Å². The normalized spacial score (nSPS) is 17.7. The third-order valence-electron chi connectivity index (χ3n) is 5.08. The molecule has 7 heteroatoms. The lowest BCUT2D eigenvalue weighted by Crippen LogP contribution is -2.44. The quantitative estimate of drug-likeness (QED) is 0.722. The van der Waals surface area contributed by atoms with Crippen LogP contribution in [0.3, 0.4) is 0 Å². The summed E-state index contributed by atoms with van der Waals surface area (Å²) in [5.74, 6) is 0.660. The van der Waals surface area contributed by atoms with Crippen LogP contribution in [0.5, 0.6) is 5.75 Å². The Labute approximate surface area is 169 Å². The van der Waals surface area contributed by atoms with Gasteiger partial charge in [-0.3, -0.25) is 4.79 Å². The highest BCUT2D eigenvalue weighted by Crippen LogP contribution is 2.24. The Morgan fingerprint density at radius 1 is 1.17 bits per heavy atom. The van der Waals surface area contributed by atoms with Gasteiger partial charge in [0.15, 0.2) is 0 Å². The summed E-state index contributed by atoms with van der Waals surface area (Å²) in [6.07, 6.45) is 4.29. The summed E-state index contributed by atoms with van der Waals surface area (Å²) in [6, 6.07) is 14.8. The van der Waals surface area contributed by atoms with E-state index in [9.17, 15) is 9.90 Å². The van der Waals surface area contributed by atoms with Crippen molar-refractivity contribution in [2.75, 3.05) is 13.1 Å². The minimum Gasteiger partial charge on any atom is -0.489 e. The summed E-state index contributed by atoms with van der Waals surface area (Å²) in [5.41, 5.74) is 2.04. The molecular formula is C22H24N4O3. The molecule has 2 unspecified atom stereocenters. The Morgan fingerprint density at radius 2 is 1.97 bits per heavy atom. The number of amides is 1. The van der Waals surface area contributed by atoms with E-state index in [0.717, 1.165) is 18.4 Å². The van der Waals surface area contributed by atoms with Gasteiger partial charge in [-0.15, -0.1) is 0 Å². The number of rotatable bonds is 5. The number of carbonyl (C=O) groups is 1. The number of aromatic nitrogens is 3. The van der Waals surface area contributed by atoms with E-state index >= 15 is 0 Å². The third kappa shape index (κ3) is 4.30. The van der Waals surface area contributed by atoms with E-state index in [2.05, 4.69) is 10.2 Å². The van der Waals surface area contributed by atoms with Gasteiger partial charge in [-0.1, -0.05) is 24.3 Å². The molecule has 150 valence electrons. The molecule has 1 amide bonds. The van der Waals surface area contributed by atoms with Crippen molar-refractivity contribution in [3.05, 3.63) is 72.1 Å². The first kappa shape index (κ1) is 19.1. The molecule has 1 aliphatic rings. The average Bonchev–Trinajstić information content (AvgIpc) is 3.28. The van der Waals surface area contributed by atoms with Crippen molar-refractivity contribution in [1.82, 2.24) is 19.9 Å². The Balaban J connectivity index is 1.49. The number of hydrogen-bond acceptors (Lipinski definition) is 5. The number of aliphatic hydroxyl groups is 1. The van der Waals surface area contributed by atoms with Crippen LogP contribution in [0.1, 0.15) is 41.8 Å². The van der Waals surface area contributed by atoms with Gasteiger partial charge in [-0.2, -0.15) is 15.0 Å². The van der Waals surface area contributed by atoms with Crippen LogP contribution >= 0.6 is 0 Å². The van der Waals surface area contributed by atoms with Crippen LogP contribution in [-0.4, -0.2) is 50.1 Å². The fourth-order valence-corrected chi connectivity index (χ4v) is 3.60. The Hall–Kier alpha value is -3.19. The van der Waals surface area contributed by atoms with E-state index in [-0.39, 0.29) is 12.0 Å². The first-order chi connectivity index (χ1) is 14.1. The molecule has 2 aromatic carbocycles. The Kier molecular flexibility index (Phi) is 5.57. The average molecular weight is 392 g/mol. The van der Waals surface area contributed by atoms with Gasteiger partial charge in [-0.25, -0.2) is 0 Å². The van der Waals surface area contributed by atoms with Crippen molar-refractivity contribution >= 4 is 5.91 Å². The SMILES string of the molecule is CC(O)c1cccc(OC2CCCN(C(=O)c3ccccc3-n3nccn3)C2)c1. The first-order valence-corrected chi connectivity index (χ1v) is 9.81. The summed E-state index contributed by atoms with van der Waals surface area (Å²) in [5, 5.41) is 18.1. The van der Waals surface area contributed by atoms with Crippen LogP contribution in [-0.2, 0) is 0 Å². The smallest absolute Gasteiger partial charge is 0.256 e. The number of piperidine rings is 1. The minimum absolute atomic E-state index is 0.0519. The van der Waals surface area contributed by atoms with E-state index < -0.39 is 6.10 Å². The van der Waals surface area contributed by atoms with Gasteiger partial charge in [0.2, 0.25) is 0 Å². The molecule has 7 nitrogen and oxygen atoms in total. The standard InChI is InChI=1S/C22H24N4O3/c1-16(27)17-6-4-7-18(14-17)29-19-8-5-13-25(15-19)22(28)20-9-2-3-10-21(20)26-23-11-12-24-26/h2-4,6-7,9-12,14,16,19,27H,5,8,13,15H2,1H3. The van der Waals surface area contributed by atoms with Crippen LogP contribution in [0.15, 0.2) is 60.9 Å².